The zero-order valence-electron chi connectivity index (χ0n) is 26.8. The highest BCUT2D eigenvalue weighted by molar-refractivity contribution is 8.01. The Bertz CT molecular complexity index is 1980. The van der Waals surface area contributed by atoms with Crippen molar-refractivity contribution < 1.29 is 48.5 Å². The summed E-state index contributed by atoms with van der Waals surface area (Å²) in [7, 11) is 1.33. The van der Waals surface area contributed by atoms with Crippen LogP contribution in [0.5, 0.6) is 0 Å². The Morgan fingerprint density at radius 3 is 2.48 bits per heavy atom. The molecule has 1 aromatic heterocycles. The molecule has 9 N–H and O–H groups in total. The number of imide groups is 1. The Labute approximate surface area is 299 Å². The number of amides is 7. The van der Waals surface area contributed by atoms with E-state index in [2.05, 4.69) is 31.5 Å². The molecule has 0 aliphatic carbocycles. The van der Waals surface area contributed by atoms with Crippen molar-refractivity contribution in [2.45, 2.75) is 28.7 Å². The predicted molar refractivity (Wildman–Crippen MR) is 179 cm³/mol. The minimum atomic E-state index is -1.48. The first-order valence-corrected chi connectivity index (χ1v) is 17.1. The average molecular weight is 763 g/mol. The van der Waals surface area contributed by atoms with Crippen LogP contribution in [0.2, 0.25) is 0 Å². The van der Waals surface area contributed by atoms with E-state index in [4.69, 9.17) is 15.6 Å². The van der Waals surface area contributed by atoms with Gasteiger partial charge in [0.05, 0.1) is 0 Å². The normalized spacial score (nSPS) is 19.1. The molecule has 7 amide bonds. The average Bonchev–Trinajstić information content (AvgIpc) is 3.55. The highest BCUT2D eigenvalue weighted by Crippen LogP contribution is 2.41. The van der Waals surface area contributed by atoms with E-state index < -0.39 is 83.1 Å². The number of hydrogen-bond donors (Lipinski definition) is 8. The van der Waals surface area contributed by atoms with Crippen LogP contribution in [0.1, 0.15) is 11.6 Å². The van der Waals surface area contributed by atoms with Crippen molar-refractivity contribution >= 4 is 71.1 Å². The number of rotatable bonds is 12. The van der Waals surface area contributed by atoms with Crippen LogP contribution in [0.15, 0.2) is 50.3 Å². The lowest BCUT2D eigenvalue weighted by Gasteiger charge is -2.49. The van der Waals surface area contributed by atoms with Crippen LogP contribution in [0.3, 0.4) is 0 Å². The maximum atomic E-state index is 13.7. The van der Waals surface area contributed by atoms with E-state index in [1.54, 1.807) is 0 Å². The van der Waals surface area contributed by atoms with Gasteiger partial charge in [0.25, 0.3) is 5.91 Å². The molecule has 22 nitrogen and oxygen atoms in total. The first-order valence-electron chi connectivity index (χ1n) is 15.0. The van der Waals surface area contributed by atoms with E-state index >= 15 is 0 Å². The highest BCUT2D eigenvalue weighted by atomic mass is 32.2. The zero-order valence-corrected chi connectivity index (χ0v) is 28.4. The van der Waals surface area contributed by atoms with E-state index in [1.165, 1.54) is 43.1 Å². The predicted octanol–water partition coefficient (Wildman–Crippen LogP) is -2.26. The fourth-order valence-electron chi connectivity index (χ4n) is 5.09. The van der Waals surface area contributed by atoms with Crippen molar-refractivity contribution in [3.05, 3.63) is 61.8 Å². The maximum absolute atomic E-state index is 13.7. The van der Waals surface area contributed by atoms with Gasteiger partial charge in [-0.05, 0) is 23.3 Å². The van der Waals surface area contributed by atoms with Crippen LogP contribution in [0, 0.1) is 0 Å². The number of carboxylic acid groups (broad SMARTS) is 2. The number of nitrogens with two attached hydrogens (primary N) is 1. The number of β-lactam (4-membered cyclic amide) rings is 1. The molecule has 2 saturated heterocycles. The summed E-state index contributed by atoms with van der Waals surface area (Å²) in [4.78, 5) is 113. The molecule has 276 valence electrons. The lowest BCUT2D eigenvalue weighted by molar-refractivity contribution is -0.151. The lowest BCUT2D eigenvalue weighted by atomic mass is 10.0. The smallest absolute Gasteiger partial charge is 0.411 e. The van der Waals surface area contributed by atoms with Crippen molar-refractivity contribution in [3.63, 3.8) is 0 Å². The van der Waals surface area contributed by atoms with Gasteiger partial charge >= 0.3 is 41.2 Å². The van der Waals surface area contributed by atoms with Gasteiger partial charge in [0, 0.05) is 37.3 Å². The van der Waals surface area contributed by atoms with Crippen molar-refractivity contribution in [2.24, 2.45) is 12.8 Å². The number of anilines is 1. The SMILES string of the molecule is Cn1c(SCC2=C(C(=O)O)N3C(=O)[C@@H](NC(=O)[C@H](NC(=O)N4CCNC4=O)c4ccc(NC(=O)OC[C@@H](N)C(=O)O)cc4)[C@@H]3SC2)n[nH]c(=O)c1=O. The van der Waals surface area contributed by atoms with Gasteiger partial charge in [-0.25, -0.2) is 29.2 Å². The third kappa shape index (κ3) is 7.87. The van der Waals surface area contributed by atoms with Gasteiger partial charge in [0.2, 0.25) is 5.91 Å². The Kier molecular flexibility index (Phi) is 11.2. The number of benzene rings is 1. The first-order chi connectivity index (χ1) is 24.7. The minimum absolute atomic E-state index is 0.00507. The highest BCUT2D eigenvalue weighted by Gasteiger charge is 2.54. The summed E-state index contributed by atoms with van der Waals surface area (Å²) in [5.74, 6) is -4.27. The van der Waals surface area contributed by atoms with E-state index in [1.807, 2.05) is 0 Å². The standard InChI is InChI=1S/C28H30N10O12S2/c1-36-21(42)19(40)34-35-27(36)52-10-12-9-51-22-16(20(41)38(22)17(12)24(45)46)32-18(39)15(33-26(48)37-7-6-30-25(37)47)11-2-4-13(5-3-11)31-28(49)50-8-14(29)23(43)44/h2-5,14-16,22H,6-10,29H2,1H3,(H,30,47)(H,31,49)(H,32,39)(H,33,48)(H,34,40)(H,43,44)(H,45,46)/t14-,15-,16-,22+/m1/s1. The van der Waals surface area contributed by atoms with Gasteiger partial charge < -0.3 is 36.6 Å². The third-order valence-electron chi connectivity index (χ3n) is 7.80. The summed E-state index contributed by atoms with van der Waals surface area (Å²) in [6.45, 7) is -0.403. The first kappa shape index (κ1) is 37.4. The van der Waals surface area contributed by atoms with Crippen LogP contribution < -0.4 is 38.1 Å². The third-order valence-corrected chi connectivity index (χ3v) is 10.3. The second-order valence-electron chi connectivity index (χ2n) is 11.2. The number of aromatic nitrogens is 3. The number of hydrogen-bond acceptors (Lipinski definition) is 14. The van der Waals surface area contributed by atoms with E-state index in [0.29, 0.717) is 5.57 Å². The van der Waals surface area contributed by atoms with Crippen molar-refractivity contribution in [2.75, 3.05) is 36.5 Å². The summed E-state index contributed by atoms with van der Waals surface area (Å²) < 4.78 is 5.78. The largest absolute Gasteiger partial charge is 0.480 e. The number of carboxylic acids is 2. The molecule has 0 radical (unpaired) electrons. The summed E-state index contributed by atoms with van der Waals surface area (Å²) in [5.41, 5.74) is 3.87. The molecule has 2 aromatic rings. The number of aromatic amines is 1. The summed E-state index contributed by atoms with van der Waals surface area (Å²) in [6.07, 6.45) is -1.01. The molecule has 3 aliphatic rings. The number of carbonyl (C=O) groups excluding carboxylic acids is 5. The summed E-state index contributed by atoms with van der Waals surface area (Å²) in [6, 6.07) is -0.321. The molecule has 4 heterocycles. The number of nitrogens with one attached hydrogen (secondary N) is 5. The minimum Gasteiger partial charge on any atom is -0.480 e. The van der Waals surface area contributed by atoms with Crippen molar-refractivity contribution in [1.82, 2.24) is 40.5 Å². The molecule has 1 aromatic carbocycles. The van der Waals surface area contributed by atoms with Gasteiger partial charge in [-0.3, -0.25) is 38.8 Å². The number of urea groups is 2. The monoisotopic (exact) mass is 762 g/mol. The molecule has 0 saturated carbocycles. The molecule has 0 unspecified atom stereocenters. The van der Waals surface area contributed by atoms with Crippen molar-refractivity contribution in [3.8, 4) is 0 Å². The van der Waals surface area contributed by atoms with Crippen LogP contribution in [-0.4, -0.2) is 125 Å². The van der Waals surface area contributed by atoms with Crippen LogP contribution in [-0.2, 0) is 31.0 Å². The van der Waals surface area contributed by atoms with Gasteiger partial charge in [0.15, 0.2) is 5.16 Å². The molecule has 0 bridgehead atoms. The molecule has 2 fully saturated rings. The van der Waals surface area contributed by atoms with E-state index in [-0.39, 0.29) is 46.7 Å². The Hall–Kier alpha value is -5.88. The second-order valence-corrected chi connectivity index (χ2v) is 13.2. The number of carbonyl (C=O) groups is 7. The second kappa shape index (κ2) is 15.6. The van der Waals surface area contributed by atoms with Gasteiger partial charge in [-0.15, -0.1) is 16.9 Å². The molecule has 24 heteroatoms. The Morgan fingerprint density at radius 2 is 1.85 bits per heavy atom. The van der Waals surface area contributed by atoms with E-state index in [0.717, 1.165) is 26.1 Å². The molecule has 52 heavy (non-hydrogen) atoms. The van der Waals surface area contributed by atoms with Crippen LogP contribution in [0.4, 0.5) is 20.1 Å². The quantitative estimate of drug-likeness (QED) is 0.0642. The van der Waals surface area contributed by atoms with Crippen LogP contribution in [0.25, 0.3) is 0 Å². The number of fused-ring (bicyclic) bond motifs is 1. The van der Waals surface area contributed by atoms with Crippen LogP contribution >= 0.6 is 23.5 Å². The molecule has 4 atom stereocenters. The fourth-order valence-corrected chi connectivity index (χ4v) is 7.49. The molecule has 3 aliphatic heterocycles. The Balaban J connectivity index is 1.30. The number of thioether (sulfide) groups is 2. The summed E-state index contributed by atoms with van der Waals surface area (Å²) in [5, 5.41) is 33.9. The zero-order chi connectivity index (χ0) is 37.9. The molecular formula is C28H30N10O12S2. The maximum Gasteiger partial charge on any atom is 0.411 e. The van der Waals surface area contributed by atoms with E-state index in [9.17, 15) is 48.3 Å². The molecule has 0 spiro atoms. The summed E-state index contributed by atoms with van der Waals surface area (Å²) >= 11 is 2.14. The molecule has 5 rings (SSSR count). The number of ether oxygens (including phenoxy) is 1. The number of aliphatic carboxylic acids is 2. The van der Waals surface area contributed by atoms with Gasteiger partial charge in [-0.1, -0.05) is 23.9 Å². The Morgan fingerprint density at radius 1 is 1.13 bits per heavy atom. The van der Waals surface area contributed by atoms with Gasteiger partial charge in [-0.2, -0.15) is 0 Å². The van der Waals surface area contributed by atoms with Crippen molar-refractivity contribution in [1.29, 1.82) is 0 Å². The molecular weight excluding hydrogens is 733 g/mol. The number of nitrogens with zero attached hydrogens (tertiary/aromatic N) is 4. The number of H-pyrrole nitrogens is 1. The lowest BCUT2D eigenvalue weighted by Crippen LogP contribution is -2.71. The fraction of sp³-hybridized carbons (Fsp3) is 0.357. The topological polar surface area (TPSA) is 318 Å². The van der Waals surface area contributed by atoms with Gasteiger partial charge in [0.1, 0.15) is 35.8 Å².